The lowest BCUT2D eigenvalue weighted by Crippen LogP contribution is -2.37. The van der Waals surface area contributed by atoms with Gasteiger partial charge in [0.1, 0.15) is 0 Å². The van der Waals surface area contributed by atoms with E-state index in [2.05, 4.69) is 21.2 Å². The zero-order valence-corrected chi connectivity index (χ0v) is 24.7. The van der Waals surface area contributed by atoms with Gasteiger partial charge in [-0.2, -0.15) is 5.10 Å². The van der Waals surface area contributed by atoms with E-state index in [0.29, 0.717) is 43.0 Å². The Bertz CT molecular complexity index is 1360. The number of anilines is 1. The highest BCUT2D eigenvalue weighted by atomic mass is 127. The molecule has 0 aromatic heterocycles. The molecule has 0 fully saturated rings. The maximum absolute atomic E-state index is 12.4. The molecule has 12 heteroatoms. The Labute approximate surface area is 249 Å². The van der Waals surface area contributed by atoms with E-state index in [1.165, 1.54) is 6.21 Å². The molecule has 3 rings (SSSR count). The summed E-state index contributed by atoms with van der Waals surface area (Å²) in [7, 11) is 0. The van der Waals surface area contributed by atoms with E-state index >= 15 is 0 Å². The topological polar surface area (TPSA) is 118 Å². The summed E-state index contributed by atoms with van der Waals surface area (Å²) in [6, 6.07) is 15.7. The average Bonchev–Trinajstić information content (AvgIpc) is 2.87. The third-order valence-corrected chi connectivity index (χ3v) is 6.22. The molecular weight excluding hydrogens is 658 g/mol. The fraction of sp³-hybridized carbons (Fsp3) is 0.185. The van der Waals surface area contributed by atoms with Crippen LogP contribution in [0.5, 0.6) is 11.5 Å². The van der Waals surface area contributed by atoms with Crippen molar-refractivity contribution in [3.63, 3.8) is 0 Å². The number of carbonyl (C=O) groups excluding carboxylic acids is 3. The number of amides is 3. The monoisotopic (exact) mass is 682 g/mol. The third-order valence-electron chi connectivity index (χ3n) is 4.99. The number of hydrazone groups is 1. The van der Waals surface area contributed by atoms with Crippen molar-refractivity contribution in [3.8, 4) is 11.5 Å². The normalized spacial score (nSPS) is 10.7. The molecule has 3 aromatic rings. The summed E-state index contributed by atoms with van der Waals surface area (Å²) in [4.78, 5) is 36.5. The van der Waals surface area contributed by atoms with Gasteiger partial charge in [0.05, 0.1) is 16.4 Å². The van der Waals surface area contributed by atoms with E-state index in [9.17, 15) is 14.4 Å². The van der Waals surface area contributed by atoms with Crippen LogP contribution in [0.25, 0.3) is 0 Å². The van der Waals surface area contributed by atoms with E-state index in [1.54, 1.807) is 30.3 Å². The maximum Gasteiger partial charge on any atom is 0.329 e. The second-order valence-electron chi connectivity index (χ2n) is 8.13. The summed E-state index contributed by atoms with van der Waals surface area (Å²) in [5, 5.41) is 9.87. The van der Waals surface area contributed by atoms with E-state index in [1.807, 2.05) is 60.7 Å². The van der Waals surface area contributed by atoms with Gasteiger partial charge >= 0.3 is 11.8 Å². The van der Waals surface area contributed by atoms with Gasteiger partial charge in [-0.15, -0.1) is 0 Å². The number of halogens is 3. The summed E-state index contributed by atoms with van der Waals surface area (Å²) in [6.07, 6.45) is 1.37. The number of hydrogen-bond donors (Lipinski definition) is 3. The lowest BCUT2D eigenvalue weighted by Gasteiger charge is -2.14. The van der Waals surface area contributed by atoms with Gasteiger partial charge in [-0.05, 0) is 77.9 Å². The molecule has 0 unspecified atom stereocenters. The summed E-state index contributed by atoms with van der Waals surface area (Å²) < 4.78 is 12.1. The number of rotatable bonds is 10. The Balaban J connectivity index is 1.58. The predicted octanol–water partition coefficient (Wildman–Crippen LogP) is 5.09. The molecule has 39 heavy (non-hydrogen) atoms. The molecule has 0 saturated carbocycles. The lowest BCUT2D eigenvalue weighted by molar-refractivity contribution is -0.139. The molecule has 0 bridgehead atoms. The van der Waals surface area contributed by atoms with Gasteiger partial charge < -0.3 is 20.1 Å². The Hall–Kier alpha value is -3.35. The standard InChI is InChI=1S/C27H25Cl2IN4O5/c1-3-38-23-9-18(14-32-34-27(37)26(36)31-13-17-6-4-16(2)5-7-17)8-22(30)25(23)39-15-24(35)33-21-11-19(28)10-20(29)12-21/h4-12,14H,3,13,15H2,1-2H3,(H,31,36)(H,33,35)(H,34,37)/b32-14-. The van der Waals surface area contributed by atoms with Crippen molar-refractivity contribution in [2.75, 3.05) is 18.5 Å². The first-order valence-corrected chi connectivity index (χ1v) is 13.5. The zero-order chi connectivity index (χ0) is 28.4. The molecule has 0 aliphatic rings. The molecule has 0 saturated heterocycles. The molecule has 0 aliphatic carbocycles. The Kier molecular flexibility index (Phi) is 11.4. The highest BCUT2D eigenvalue weighted by Gasteiger charge is 2.15. The van der Waals surface area contributed by atoms with Gasteiger partial charge in [-0.1, -0.05) is 53.0 Å². The van der Waals surface area contributed by atoms with Crippen molar-refractivity contribution in [2.45, 2.75) is 20.4 Å². The summed E-state index contributed by atoms with van der Waals surface area (Å²) in [5.41, 5.74) is 5.20. The van der Waals surface area contributed by atoms with Crippen LogP contribution in [0, 0.1) is 10.5 Å². The third kappa shape index (κ3) is 9.72. The van der Waals surface area contributed by atoms with E-state index in [-0.39, 0.29) is 13.2 Å². The molecule has 0 aliphatic heterocycles. The maximum atomic E-state index is 12.4. The second-order valence-corrected chi connectivity index (χ2v) is 10.2. The molecule has 0 atom stereocenters. The summed E-state index contributed by atoms with van der Waals surface area (Å²) in [5.74, 6) is -1.37. The molecule has 0 heterocycles. The fourth-order valence-corrected chi connectivity index (χ4v) is 4.52. The first-order chi connectivity index (χ1) is 18.6. The number of aryl methyl sites for hydroxylation is 1. The molecule has 3 aromatic carbocycles. The second kappa shape index (κ2) is 14.7. The summed E-state index contributed by atoms with van der Waals surface area (Å²) >= 11 is 14.0. The highest BCUT2D eigenvalue weighted by Crippen LogP contribution is 2.34. The highest BCUT2D eigenvalue weighted by molar-refractivity contribution is 14.1. The van der Waals surface area contributed by atoms with E-state index < -0.39 is 17.7 Å². The SMILES string of the molecule is CCOc1cc(/C=N\NC(=O)C(=O)NCc2ccc(C)cc2)cc(I)c1OCC(=O)Nc1cc(Cl)cc(Cl)c1. The average molecular weight is 683 g/mol. The predicted molar refractivity (Wildman–Crippen MR) is 160 cm³/mol. The van der Waals surface area contributed by atoms with Crippen molar-refractivity contribution in [1.82, 2.24) is 10.7 Å². The number of benzene rings is 3. The fourth-order valence-electron chi connectivity index (χ4n) is 3.21. The van der Waals surface area contributed by atoms with Crippen LogP contribution in [0.2, 0.25) is 10.0 Å². The molecule has 0 spiro atoms. The van der Waals surface area contributed by atoms with Crippen LogP contribution in [0.1, 0.15) is 23.6 Å². The lowest BCUT2D eigenvalue weighted by atomic mass is 10.1. The van der Waals surface area contributed by atoms with Gasteiger partial charge in [0, 0.05) is 22.3 Å². The molecule has 204 valence electrons. The first-order valence-electron chi connectivity index (χ1n) is 11.7. The quantitative estimate of drug-likeness (QED) is 0.119. The van der Waals surface area contributed by atoms with Crippen LogP contribution >= 0.6 is 45.8 Å². The van der Waals surface area contributed by atoms with Crippen LogP contribution in [-0.4, -0.2) is 37.1 Å². The molecular formula is C27H25Cl2IN4O5. The molecule has 3 N–H and O–H groups in total. The Morgan fingerprint density at radius 2 is 1.67 bits per heavy atom. The van der Waals surface area contributed by atoms with Crippen molar-refractivity contribution in [1.29, 1.82) is 0 Å². The van der Waals surface area contributed by atoms with Crippen LogP contribution in [0.3, 0.4) is 0 Å². The van der Waals surface area contributed by atoms with E-state index in [4.69, 9.17) is 32.7 Å². The number of nitrogens with zero attached hydrogens (tertiary/aromatic N) is 1. The Morgan fingerprint density at radius 1 is 0.974 bits per heavy atom. The van der Waals surface area contributed by atoms with Gasteiger partial charge in [0.15, 0.2) is 18.1 Å². The van der Waals surface area contributed by atoms with Crippen LogP contribution in [0.4, 0.5) is 5.69 Å². The number of ether oxygens (including phenoxy) is 2. The zero-order valence-electron chi connectivity index (χ0n) is 21.0. The van der Waals surface area contributed by atoms with Crippen molar-refractivity contribution in [3.05, 3.63) is 84.9 Å². The minimum atomic E-state index is -0.898. The van der Waals surface area contributed by atoms with Crippen LogP contribution in [-0.2, 0) is 20.9 Å². The molecule has 3 amide bonds. The van der Waals surface area contributed by atoms with Gasteiger partial charge in [-0.25, -0.2) is 5.43 Å². The number of hydrogen-bond acceptors (Lipinski definition) is 6. The number of carbonyl (C=O) groups is 3. The van der Waals surface area contributed by atoms with Gasteiger partial charge in [0.2, 0.25) is 0 Å². The summed E-state index contributed by atoms with van der Waals surface area (Å²) in [6.45, 7) is 4.05. The van der Waals surface area contributed by atoms with E-state index in [0.717, 1.165) is 11.1 Å². The van der Waals surface area contributed by atoms with Gasteiger partial charge in [0.25, 0.3) is 5.91 Å². The Morgan fingerprint density at radius 3 is 2.33 bits per heavy atom. The minimum absolute atomic E-state index is 0.221. The van der Waals surface area contributed by atoms with Crippen LogP contribution in [0.15, 0.2) is 59.7 Å². The smallest absolute Gasteiger partial charge is 0.329 e. The van der Waals surface area contributed by atoms with Crippen molar-refractivity contribution < 1.29 is 23.9 Å². The largest absolute Gasteiger partial charge is 0.490 e. The minimum Gasteiger partial charge on any atom is -0.490 e. The van der Waals surface area contributed by atoms with Gasteiger partial charge in [-0.3, -0.25) is 14.4 Å². The van der Waals surface area contributed by atoms with Crippen molar-refractivity contribution >= 4 is 75.4 Å². The number of nitrogens with one attached hydrogen (secondary N) is 3. The van der Waals surface area contributed by atoms with Crippen LogP contribution < -0.4 is 25.5 Å². The van der Waals surface area contributed by atoms with Crippen molar-refractivity contribution in [2.24, 2.45) is 5.10 Å². The molecule has 9 nitrogen and oxygen atoms in total. The first kappa shape index (κ1) is 30.2. The molecule has 0 radical (unpaired) electrons.